The minimum atomic E-state index is -0.160. The number of allylic oxidation sites excluding steroid dienone is 1. The van der Waals surface area contributed by atoms with Crippen LogP contribution >= 0.6 is 0 Å². The van der Waals surface area contributed by atoms with Gasteiger partial charge in [0.2, 0.25) is 5.89 Å². The van der Waals surface area contributed by atoms with Crippen molar-refractivity contribution in [3.63, 3.8) is 0 Å². The Morgan fingerprint density at radius 2 is 1.97 bits per heavy atom. The van der Waals surface area contributed by atoms with E-state index >= 15 is 0 Å². The van der Waals surface area contributed by atoms with Gasteiger partial charge in [0, 0.05) is 24.2 Å². The quantitative estimate of drug-likeness (QED) is 0.506. The van der Waals surface area contributed by atoms with Crippen molar-refractivity contribution >= 4 is 11.7 Å². The second-order valence-corrected chi connectivity index (χ2v) is 6.85. The van der Waals surface area contributed by atoms with Crippen LogP contribution in [0.1, 0.15) is 42.4 Å². The lowest BCUT2D eigenvalue weighted by Gasteiger charge is -2.06. The van der Waals surface area contributed by atoms with Gasteiger partial charge in [-0.1, -0.05) is 31.2 Å². The summed E-state index contributed by atoms with van der Waals surface area (Å²) < 4.78 is 5.84. The van der Waals surface area contributed by atoms with Gasteiger partial charge in [0.05, 0.1) is 17.8 Å². The molecule has 0 radical (unpaired) electrons. The zero-order valence-electron chi connectivity index (χ0n) is 17.2. The average Bonchev–Trinajstić information content (AvgIpc) is 3.23. The van der Waals surface area contributed by atoms with E-state index in [1.807, 2.05) is 26.0 Å². The minimum absolute atomic E-state index is 0.0492. The highest BCUT2D eigenvalue weighted by molar-refractivity contribution is 5.94. The van der Waals surface area contributed by atoms with Crippen LogP contribution < -0.4 is 16.8 Å². The molecule has 0 aliphatic carbocycles. The summed E-state index contributed by atoms with van der Waals surface area (Å²) in [5.74, 6) is 0.645. The molecule has 9 heteroatoms. The molecular formula is C21H25N7O2. The van der Waals surface area contributed by atoms with Gasteiger partial charge in [-0.3, -0.25) is 4.79 Å². The number of aromatic nitrogens is 4. The number of nitrogen functional groups attached to an aromatic ring is 1. The zero-order chi connectivity index (χ0) is 21.7. The van der Waals surface area contributed by atoms with E-state index < -0.39 is 0 Å². The summed E-state index contributed by atoms with van der Waals surface area (Å²) in [4.78, 5) is 20.5. The Balaban J connectivity index is 1.91. The van der Waals surface area contributed by atoms with Gasteiger partial charge in [-0.25, -0.2) is 9.97 Å². The number of nitrogens with two attached hydrogens (primary N) is 2. The van der Waals surface area contributed by atoms with Crippen molar-refractivity contribution in [3.8, 4) is 22.8 Å². The Morgan fingerprint density at radius 3 is 2.60 bits per heavy atom. The number of benzene rings is 1. The van der Waals surface area contributed by atoms with E-state index in [4.69, 9.17) is 15.9 Å². The van der Waals surface area contributed by atoms with Crippen molar-refractivity contribution in [1.82, 2.24) is 25.5 Å². The van der Waals surface area contributed by atoms with Crippen molar-refractivity contribution in [2.24, 2.45) is 5.73 Å². The number of amides is 1. The molecule has 0 aliphatic rings. The predicted molar refractivity (Wildman–Crippen MR) is 114 cm³/mol. The van der Waals surface area contributed by atoms with Crippen LogP contribution in [0.25, 0.3) is 22.8 Å². The van der Waals surface area contributed by atoms with Crippen LogP contribution in [0, 0.1) is 0 Å². The van der Waals surface area contributed by atoms with Crippen LogP contribution in [0.15, 0.2) is 47.0 Å². The largest absolute Gasteiger partial charge is 0.419 e. The fraction of sp³-hybridized carbons (Fsp3) is 0.286. The normalized spacial score (nSPS) is 13.3. The first-order valence-electron chi connectivity index (χ1n) is 9.65. The first-order chi connectivity index (χ1) is 14.4. The van der Waals surface area contributed by atoms with E-state index in [2.05, 4.69) is 25.5 Å². The maximum atomic E-state index is 11.7. The molecule has 1 aromatic carbocycles. The summed E-state index contributed by atoms with van der Waals surface area (Å²) in [6, 6.07) is 6.95. The number of carbonyl (C=O) groups excluding carboxylic acids is 1. The molecular weight excluding hydrogens is 382 g/mol. The lowest BCUT2D eigenvalue weighted by Crippen LogP contribution is -2.17. The molecule has 30 heavy (non-hydrogen) atoms. The van der Waals surface area contributed by atoms with Gasteiger partial charge in [-0.15, -0.1) is 10.2 Å². The van der Waals surface area contributed by atoms with Crippen molar-refractivity contribution in [2.75, 3.05) is 12.8 Å². The molecule has 2 atom stereocenters. The molecule has 156 valence electrons. The molecule has 0 saturated heterocycles. The Morgan fingerprint density at radius 1 is 1.23 bits per heavy atom. The summed E-state index contributed by atoms with van der Waals surface area (Å²) in [6.07, 6.45) is 6.20. The number of hydrogen-bond acceptors (Lipinski definition) is 8. The molecule has 0 fully saturated rings. The van der Waals surface area contributed by atoms with E-state index in [1.54, 1.807) is 37.5 Å². The minimum Gasteiger partial charge on any atom is -0.419 e. The van der Waals surface area contributed by atoms with Gasteiger partial charge in [-0.05, 0) is 25.5 Å². The van der Waals surface area contributed by atoms with Gasteiger partial charge in [0.25, 0.3) is 11.8 Å². The van der Waals surface area contributed by atoms with Crippen LogP contribution in [0.2, 0.25) is 0 Å². The Hall–Kier alpha value is -3.59. The Kier molecular flexibility index (Phi) is 6.53. The predicted octanol–water partition coefficient (Wildman–Crippen LogP) is 2.53. The highest BCUT2D eigenvalue weighted by Gasteiger charge is 2.19. The fourth-order valence-corrected chi connectivity index (χ4v) is 2.81. The third-order valence-electron chi connectivity index (χ3n) is 4.52. The van der Waals surface area contributed by atoms with E-state index in [1.165, 1.54) is 0 Å². The van der Waals surface area contributed by atoms with Crippen LogP contribution in [-0.2, 0) is 0 Å². The van der Waals surface area contributed by atoms with Crippen LogP contribution in [0.4, 0.5) is 5.82 Å². The number of carbonyl (C=O) groups is 1. The Bertz CT molecular complexity index is 1040. The molecule has 2 heterocycles. The van der Waals surface area contributed by atoms with Crippen LogP contribution in [-0.4, -0.2) is 39.2 Å². The van der Waals surface area contributed by atoms with Gasteiger partial charge in [0.15, 0.2) is 11.5 Å². The lowest BCUT2D eigenvalue weighted by atomic mass is 10.1. The second-order valence-electron chi connectivity index (χ2n) is 6.85. The van der Waals surface area contributed by atoms with Crippen molar-refractivity contribution in [3.05, 3.63) is 54.1 Å². The first-order valence-corrected chi connectivity index (χ1v) is 9.65. The number of hydrogen-bond donors (Lipinski definition) is 3. The van der Waals surface area contributed by atoms with E-state index in [9.17, 15) is 4.79 Å². The van der Waals surface area contributed by atoms with Crippen molar-refractivity contribution in [1.29, 1.82) is 0 Å². The third kappa shape index (κ3) is 4.69. The molecule has 0 spiro atoms. The molecule has 1 amide bonds. The first kappa shape index (κ1) is 21.1. The van der Waals surface area contributed by atoms with Crippen LogP contribution in [0.3, 0.4) is 0 Å². The molecule has 3 aromatic rings. The maximum Gasteiger partial charge on any atom is 0.270 e. The molecule has 3 rings (SSSR count). The summed E-state index contributed by atoms with van der Waals surface area (Å²) in [5.41, 5.74) is 14.0. The molecule has 9 nitrogen and oxygen atoms in total. The van der Waals surface area contributed by atoms with Crippen molar-refractivity contribution < 1.29 is 9.21 Å². The third-order valence-corrected chi connectivity index (χ3v) is 4.52. The smallest absolute Gasteiger partial charge is 0.270 e. The highest BCUT2D eigenvalue weighted by atomic mass is 16.4. The second kappa shape index (κ2) is 9.27. The van der Waals surface area contributed by atoms with Gasteiger partial charge in [-0.2, -0.15) is 0 Å². The van der Waals surface area contributed by atoms with Gasteiger partial charge < -0.3 is 21.2 Å². The molecule has 0 aliphatic heterocycles. The van der Waals surface area contributed by atoms with E-state index in [0.29, 0.717) is 22.8 Å². The highest BCUT2D eigenvalue weighted by Crippen LogP contribution is 2.28. The van der Waals surface area contributed by atoms with Crippen molar-refractivity contribution in [2.45, 2.75) is 32.2 Å². The van der Waals surface area contributed by atoms with Gasteiger partial charge >= 0.3 is 0 Å². The number of nitrogens with zero attached hydrogens (tertiary/aromatic N) is 4. The Labute approximate surface area is 174 Å². The molecule has 1 unspecified atom stereocenters. The SMILES string of the molecule is CC[C@H](/C=C\C(C)N)c1nnc(-c2nc(-c3ccc(C(=O)NC)cc3)cnc2N)o1. The van der Waals surface area contributed by atoms with Crippen LogP contribution in [0.5, 0.6) is 0 Å². The number of nitrogens with one attached hydrogen (secondary N) is 1. The molecule has 5 N–H and O–H groups in total. The maximum absolute atomic E-state index is 11.7. The van der Waals surface area contributed by atoms with Gasteiger partial charge in [0.1, 0.15) is 0 Å². The summed E-state index contributed by atoms with van der Waals surface area (Å²) in [7, 11) is 1.59. The molecule has 2 aromatic heterocycles. The summed E-state index contributed by atoms with van der Waals surface area (Å²) >= 11 is 0. The van der Waals surface area contributed by atoms with E-state index in [0.717, 1.165) is 12.0 Å². The van der Waals surface area contributed by atoms with E-state index in [-0.39, 0.29) is 29.6 Å². The molecule has 0 saturated carbocycles. The fourth-order valence-electron chi connectivity index (χ4n) is 2.81. The standard InChI is InChI=1S/C21H25N7O2/c1-4-13(6-5-12(2)22)20-27-28-21(30-20)17-18(23)25-11-16(26-17)14-7-9-15(10-8-14)19(29)24-3/h5-13H,4,22H2,1-3H3,(H2,23,25)(H,24,29)/b6-5-/t12?,13-/m1/s1. The monoisotopic (exact) mass is 407 g/mol. The molecule has 0 bridgehead atoms. The zero-order valence-corrected chi connectivity index (χ0v) is 17.2. The summed E-state index contributed by atoms with van der Waals surface area (Å²) in [5, 5.41) is 10.8. The number of rotatable bonds is 7. The number of anilines is 1. The lowest BCUT2D eigenvalue weighted by molar-refractivity contribution is 0.0963. The average molecular weight is 407 g/mol. The summed E-state index contributed by atoms with van der Waals surface area (Å²) in [6.45, 7) is 3.92. The topological polar surface area (TPSA) is 146 Å².